The zero-order chi connectivity index (χ0) is 16.2. The third kappa shape index (κ3) is 5.56. The molecule has 6 heteroatoms. The Labute approximate surface area is 162 Å². The van der Waals surface area contributed by atoms with Crippen molar-refractivity contribution < 1.29 is 4.79 Å². The highest BCUT2D eigenvalue weighted by atomic mass is 35.5. The summed E-state index contributed by atoms with van der Waals surface area (Å²) in [5.74, 6) is 0.543. The van der Waals surface area contributed by atoms with Gasteiger partial charge in [-0.05, 0) is 50.9 Å². The first-order valence-electron chi connectivity index (χ1n) is 8.59. The average Bonchev–Trinajstić information content (AvgIpc) is 3.38. The second kappa shape index (κ2) is 9.95. The van der Waals surface area contributed by atoms with Crippen LogP contribution in [0.15, 0.2) is 24.3 Å². The van der Waals surface area contributed by atoms with Crippen molar-refractivity contribution in [1.82, 2.24) is 15.6 Å². The first-order chi connectivity index (χ1) is 11.2. The van der Waals surface area contributed by atoms with Crippen molar-refractivity contribution in [3.8, 4) is 0 Å². The van der Waals surface area contributed by atoms with Gasteiger partial charge in [-0.1, -0.05) is 18.6 Å². The summed E-state index contributed by atoms with van der Waals surface area (Å²) in [4.78, 5) is 17.4. The maximum Gasteiger partial charge on any atom is 0.252 e. The molecular formula is C19H27Cl2N3O. The predicted molar refractivity (Wildman–Crippen MR) is 108 cm³/mol. The van der Waals surface area contributed by atoms with Crippen molar-refractivity contribution in [2.75, 3.05) is 19.6 Å². The fraction of sp³-hybridized carbons (Fsp3) is 0.474. The molecule has 3 rings (SSSR count). The molecule has 1 saturated carbocycles. The van der Waals surface area contributed by atoms with E-state index in [0.717, 1.165) is 47.2 Å². The molecule has 1 aliphatic carbocycles. The normalized spacial score (nSPS) is 13.0. The summed E-state index contributed by atoms with van der Waals surface area (Å²) in [7, 11) is 0. The lowest BCUT2D eigenvalue weighted by molar-refractivity contribution is 0.0955. The van der Waals surface area contributed by atoms with E-state index in [1.165, 1.54) is 12.8 Å². The van der Waals surface area contributed by atoms with Crippen LogP contribution in [0.2, 0.25) is 0 Å². The quantitative estimate of drug-likeness (QED) is 0.710. The summed E-state index contributed by atoms with van der Waals surface area (Å²) in [5.41, 5.74) is 3.90. The van der Waals surface area contributed by atoms with Gasteiger partial charge in [0.2, 0.25) is 0 Å². The van der Waals surface area contributed by atoms with Crippen LogP contribution in [0.5, 0.6) is 0 Å². The summed E-state index contributed by atoms with van der Waals surface area (Å²) < 4.78 is 0. The lowest BCUT2D eigenvalue weighted by Gasteiger charge is -2.11. The summed E-state index contributed by atoms with van der Waals surface area (Å²) in [6.07, 6.45) is 3.48. The first-order valence-corrected chi connectivity index (χ1v) is 8.59. The number of pyridine rings is 1. The Hall–Kier alpha value is -1.36. The van der Waals surface area contributed by atoms with Crippen molar-refractivity contribution in [3.05, 3.63) is 41.1 Å². The minimum Gasteiger partial charge on any atom is -0.351 e. The van der Waals surface area contributed by atoms with Gasteiger partial charge in [-0.25, -0.2) is 0 Å². The maximum atomic E-state index is 12.6. The largest absolute Gasteiger partial charge is 0.351 e. The van der Waals surface area contributed by atoms with E-state index in [0.29, 0.717) is 12.5 Å². The SMILES string of the molecule is CCCNCCNC(=O)c1cc(C2CC2)nc2ccc(C)cc12.Cl.Cl. The summed E-state index contributed by atoms with van der Waals surface area (Å²) in [6.45, 7) is 6.62. The van der Waals surface area contributed by atoms with Gasteiger partial charge >= 0.3 is 0 Å². The van der Waals surface area contributed by atoms with E-state index in [1.54, 1.807) is 0 Å². The number of hydrogen-bond acceptors (Lipinski definition) is 3. The second-order valence-corrected chi connectivity index (χ2v) is 6.40. The van der Waals surface area contributed by atoms with E-state index in [1.807, 2.05) is 19.1 Å². The van der Waals surface area contributed by atoms with Gasteiger partial charge in [0.15, 0.2) is 0 Å². The molecule has 1 amide bonds. The van der Waals surface area contributed by atoms with Crippen LogP contribution in [0.4, 0.5) is 0 Å². The maximum absolute atomic E-state index is 12.6. The lowest BCUT2D eigenvalue weighted by Crippen LogP contribution is -2.32. The average molecular weight is 384 g/mol. The van der Waals surface area contributed by atoms with Crippen LogP contribution in [-0.2, 0) is 0 Å². The van der Waals surface area contributed by atoms with Crippen LogP contribution < -0.4 is 10.6 Å². The Morgan fingerprint density at radius 2 is 1.92 bits per heavy atom. The zero-order valence-corrected chi connectivity index (χ0v) is 16.4. The standard InChI is InChI=1S/C19H25N3O.2ClH/c1-3-8-20-9-10-21-19(23)16-12-18(14-5-6-14)22-17-7-4-13(2)11-15(16)17;;/h4,7,11-12,14,20H,3,5-6,8-10H2,1-2H3,(H,21,23);2*1H. The predicted octanol–water partition coefficient (Wildman–Crippen LogP) is 3.99. The fourth-order valence-electron chi connectivity index (χ4n) is 2.80. The number of halogens is 2. The number of amides is 1. The van der Waals surface area contributed by atoms with Crippen molar-refractivity contribution in [1.29, 1.82) is 0 Å². The molecule has 0 atom stereocenters. The van der Waals surface area contributed by atoms with Gasteiger partial charge in [-0.15, -0.1) is 24.8 Å². The topological polar surface area (TPSA) is 54.0 Å². The summed E-state index contributed by atoms with van der Waals surface area (Å²) in [5, 5.41) is 7.28. The van der Waals surface area contributed by atoms with Crippen molar-refractivity contribution in [3.63, 3.8) is 0 Å². The molecule has 1 aromatic heterocycles. The molecule has 2 N–H and O–H groups in total. The van der Waals surface area contributed by atoms with Crippen LogP contribution >= 0.6 is 24.8 Å². The molecule has 0 bridgehead atoms. The third-order valence-corrected chi connectivity index (χ3v) is 4.24. The smallest absolute Gasteiger partial charge is 0.252 e. The number of nitrogens with zero attached hydrogens (tertiary/aromatic N) is 1. The number of carbonyl (C=O) groups excluding carboxylic acids is 1. The Bertz CT molecular complexity index is 717. The lowest BCUT2D eigenvalue weighted by atomic mass is 10.0. The Morgan fingerprint density at radius 3 is 2.60 bits per heavy atom. The van der Waals surface area contributed by atoms with Gasteiger partial charge in [0.1, 0.15) is 0 Å². The van der Waals surface area contributed by atoms with Gasteiger partial charge in [0, 0.05) is 30.1 Å². The molecule has 138 valence electrons. The van der Waals surface area contributed by atoms with Gasteiger partial charge < -0.3 is 10.6 Å². The van der Waals surface area contributed by atoms with E-state index in [9.17, 15) is 4.79 Å². The molecule has 0 spiro atoms. The van der Waals surface area contributed by atoms with Crippen LogP contribution in [0.3, 0.4) is 0 Å². The molecule has 0 radical (unpaired) electrons. The van der Waals surface area contributed by atoms with Crippen molar-refractivity contribution in [2.24, 2.45) is 0 Å². The highest BCUT2D eigenvalue weighted by molar-refractivity contribution is 6.06. The molecule has 2 aromatic rings. The van der Waals surface area contributed by atoms with Crippen LogP contribution in [0, 0.1) is 6.92 Å². The number of hydrogen-bond donors (Lipinski definition) is 2. The van der Waals surface area contributed by atoms with E-state index >= 15 is 0 Å². The number of fused-ring (bicyclic) bond motifs is 1. The monoisotopic (exact) mass is 383 g/mol. The van der Waals surface area contributed by atoms with E-state index in [-0.39, 0.29) is 30.7 Å². The van der Waals surface area contributed by atoms with Crippen LogP contribution in [-0.4, -0.2) is 30.5 Å². The number of nitrogens with one attached hydrogen (secondary N) is 2. The number of carbonyl (C=O) groups is 1. The molecule has 1 heterocycles. The van der Waals surface area contributed by atoms with E-state index < -0.39 is 0 Å². The van der Waals surface area contributed by atoms with Crippen LogP contribution in [0.25, 0.3) is 10.9 Å². The molecule has 0 saturated heterocycles. The molecule has 1 aliphatic rings. The molecule has 0 aliphatic heterocycles. The van der Waals surface area contributed by atoms with E-state index in [4.69, 9.17) is 4.98 Å². The number of rotatable bonds is 7. The Balaban J connectivity index is 0.00000156. The van der Waals surface area contributed by atoms with Gasteiger partial charge in [0.25, 0.3) is 5.91 Å². The van der Waals surface area contributed by atoms with Gasteiger partial charge in [0.05, 0.1) is 11.1 Å². The minimum absolute atomic E-state index is 0. The zero-order valence-electron chi connectivity index (χ0n) is 14.8. The molecule has 25 heavy (non-hydrogen) atoms. The van der Waals surface area contributed by atoms with Crippen LogP contribution in [0.1, 0.15) is 53.7 Å². The van der Waals surface area contributed by atoms with Crippen molar-refractivity contribution in [2.45, 2.75) is 39.0 Å². The van der Waals surface area contributed by atoms with E-state index in [2.05, 4.69) is 29.7 Å². The number of benzene rings is 1. The Kier molecular flexibility index (Phi) is 8.63. The highest BCUT2D eigenvalue weighted by Crippen LogP contribution is 2.40. The second-order valence-electron chi connectivity index (χ2n) is 6.40. The van der Waals surface area contributed by atoms with Gasteiger partial charge in [-0.2, -0.15) is 0 Å². The first kappa shape index (κ1) is 21.7. The molecular weight excluding hydrogens is 357 g/mol. The molecule has 4 nitrogen and oxygen atoms in total. The van der Waals surface area contributed by atoms with Gasteiger partial charge in [-0.3, -0.25) is 9.78 Å². The molecule has 1 aromatic carbocycles. The summed E-state index contributed by atoms with van der Waals surface area (Å²) >= 11 is 0. The third-order valence-electron chi connectivity index (χ3n) is 4.24. The summed E-state index contributed by atoms with van der Waals surface area (Å²) in [6, 6.07) is 8.13. The van der Waals surface area contributed by atoms with Crippen molar-refractivity contribution >= 4 is 41.6 Å². The molecule has 0 unspecified atom stereocenters. The Morgan fingerprint density at radius 1 is 1.16 bits per heavy atom. The number of aryl methyl sites for hydroxylation is 1. The fourth-order valence-corrected chi connectivity index (χ4v) is 2.80. The minimum atomic E-state index is 0. The number of aromatic nitrogens is 1. The highest BCUT2D eigenvalue weighted by Gasteiger charge is 2.26. The molecule has 1 fully saturated rings.